The van der Waals surface area contributed by atoms with E-state index in [-0.39, 0.29) is 17.1 Å². The van der Waals surface area contributed by atoms with Gasteiger partial charge in [-0.25, -0.2) is 9.78 Å². The van der Waals surface area contributed by atoms with Gasteiger partial charge in [-0.2, -0.15) is 13.2 Å². The first kappa shape index (κ1) is 22.7. The van der Waals surface area contributed by atoms with Crippen LogP contribution in [0.4, 0.5) is 35.2 Å². The molecular formula is C23H19F3N4O2S. The molecule has 3 amide bonds. The number of halogens is 3. The summed E-state index contributed by atoms with van der Waals surface area (Å²) in [6.45, 7) is 0.260. The molecule has 0 spiro atoms. The summed E-state index contributed by atoms with van der Waals surface area (Å²) in [5.74, 6) is -0.0218. The first-order valence-electron chi connectivity index (χ1n) is 9.95. The minimum Gasteiger partial charge on any atom is -0.308 e. The van der Waals surface area contributed by atoms with Crippen LogP contribution in [0.15, 0.2) is 65.7 Å². The van der Waals surface area contributed by atoms with Gasteiger partial charge in [-0.3, -0.25) is 9.69 Å². The van der Waals surface area contributed by atoms with Crippen molar-refractivity contribution in [3.63, 3.8) is 0 Å². The van der Waals surface area contributed by atoms with E-state index in [9.17, 15) is 22.8 Å². The molecule has 33 heavy (non-hydrogen) atoms. The second-order valence-corrected chi connectivity index (χ2v) is 8.11. The maximum atomic E-state index is 13.5. The minimum atomic E-state index is -4.52. The largest absolute Gasteiger partial charge is 0.417 e. The quantitative estimate of drug-likeness (QED) is 0.480. The van der Waals surface area contributed by atoms with Crippen molar-refractivity contribution in [3.8, 4) is 0 Å². The van der Waals surface area contributed by atoms with Crippen LogP contribution in [-0.2, 0) is 12.6 Å². The number of alkyl halides is 3. The molecule has 6 nitrogen and oxygen atoms in total. The first-order valence-corrected chi connectivity index (χ1v) is 11.2. The van der Waals surface area contributed by atoms with Crippen LogP contribution in [0.1, 0.15) is 21.5 Å². The normalized spacial score (nSPS) is 12.9. The molecule has 4 rings (SSSR count). The van der Waals surface area contributed by atoms with E-state index in [1.165, 1.54) is 17.0 Å². The standard InChI is InChI=1S/C23H19F3N4O2S/c1-33-19-12-14-8-10-30(18(14)13-17(19)23(24,25)26)22(32)28-16-6-4-5-15(11-16)21(31)29-20-7-2-3-9-27-20/h2-7,9,11-13H,8,10H2,1H3,(H,28,32)(H,27,29,31). The molecular weight excluding hydrogens is 453 g/mol. The Balaban J connectivity index is 1.52. The Labute approximate surface area is 192 Å². The highest BCUT2D eigenvalue weighted by Gasteiger charge is 2.36. The van der Waals surface area contributed by atoms with Crippen LogP contribution >= 0.6 is 11.8 Å². The number of pyridine rings is 1. The summed E-state index contributed by atoms with van der Waals surface area (Å²) < 4.78 is 40.4. The van der Waals surface area contributed by atoms with Crippen LogP contribution in [0.25, 0.3) is 0 Å². The Morgan fingerprint density at radius 1 is 1.06 bits per heavy atom. The zero-order chi connectivity index (χ0) is 23.6. The van der Waals surface area contributed by atoms with Crippen LogP contribution < -0.4 is 15.5 Å². The minimum absolute atomic E-state index is 0.134. The molecule has 1 aromatic heterocycles. The highest BCUT2D eigenvalue weighted by Crippen LogP contribution is 2.42. The fourth-order valence-electron chi connectivity index (χ4n) is 3.57. The number of thioether (sulfide) groups is 1. The number of aromatic nitrogens is 1. The Bertz CT molecular complexity index is 1200. The molecule has 0 saturated carbocycles. The lowest BCUT2D eigenvalue weighted by Gasteiger charge is -2.20. The summed E-state index contributed by atoms with van der Waals surface area (Å²) in [6, 6.07) is 13.3. The molecule has 2 N–H and O–H groups in total. The van der Waals surface area contributed by atoms with E-state index in [1.54, 1.807) is 48.9 Å². The number of amides is 3. The number of urea groups is 1. The summed E-state index contributed by atoms with van der Waals surface area (Å²) in [5.41, 5.74) is 0.803. The molecule has 0 saturated heterocycles. The summed E-state index contributed by atoms with van der Waals surface area (Å²) in [5, 5.41) is 5.33. The van der Waals surface area contributed by atoms with Crippen LogP contribution in [-0.4, -0.2) is 29.7 Å². The highest BCUT2D eigenvalue weighted by molar-refractivity contribution is 7.98. The van der Waals surface area contributed by atoms with E-state index in [0.717, 1.165) is 17.8 Å². The predicted octanol–water partition coefficient (Wildman–Crippen LogP) is 5.67. The molecule has 2 heterocycles. The predicted molar refractivity (Wildman–Crippen MR) is 122 cm³/mol. The summed E-state index contributed by atoms with van der Waals surface area (Å²) in [6.07, 6.45) is -0.922. The van der Waals surface area contributed by atoms with Gasteiger partial charge in [0.15, 0.2) is 0 Å². The fraction of sp³-hybridized carbons (Fsp3) is 0.174. The van der Waals surface area contributed by atoms with Gasteiger partial charge in [-0.05, 0) is 60.7 Å². The van der Waals surface area contributed by atoms with Crippen molar-refractivity contribution < 1.29 is 22.8 Å². The number of hydrogen-bond donors (Lipinski definition) is 2. The monoisotopic (exact) mass is 472 g/mol. The average Bonchev–Trinajstić information content (AvgIpc) is 3.21. The van der Waals surface area contributed by atoms with E-state index in [4.69, 9.17) is 0 Å². The maximum absolute atomic E-state index is 13.5. The number of rotatable bonds is 4. The van der Waals surface area contributed by atoms with Gasteiger partial charge in [0.1, 0.15) is 5.82 Å². The molecule has 0 radical (unpaired) electrons. The van der Waals surface area contributed by atoms with E-state index in [2.05, 4.69) is 15.6 Å². The molecule has 1 aliphatic rings. The molecule has 0 aliphatic carbocycles. The van der Waals surface area contributed by atoms with E-state index < -0.39 is 23.7 Å². The molecule has 0 bridgehead atoms. The number of carbonyl (C=O) groups is 2. The zero-order valence-electron chi connectivity index (χ0n) is 17.4. The number of fused-ring (bicyclic) bond motifs is 1. The molecule has 10 heteroatoms. The van der Waals surface area contributed by atoms with Crippen molar-refractivity contribution in [3.05, 3.63) is 77.5 Å². The van der Waals surface area contributed by atoms with Gasteiger partial charge in [0.2, 0.25) is 0 Å². The smallest absolute Gasteiger partial charge is 0.308 e. The molecule has 0 unspecified atom stereocenters. The van der Waals surface area contributed by atoms with Crippen molar-refractivity contribution in [2.24, 2.45) is 0 Å². The van der Waals surface area contributed by atoms with Gasteiger partial charge >= 0.3 is 12.2 Å². The van der Waals surface area contributed by atoms with Crippen LogP contribution in [0, 0.1) is 0 Å². The number of carbonyl (C=O) groups excluding carboxylic acids is 2. The topological polar surface area (TPSA) is 74.3 Å². The van der Waals surface area contributed by atoms with Crippen LogP contribution in [0.5, 0.6) is 0 Å². The second kappa shape index (κ2) is 9.14. The summed E-state index contributed by atoms with van der Waals surface area (Å²) in [7, 11) is 0. The van der Waals surface area contributed by atoms with Crippen molar-refractivity contribution in [1.82, 2.24) is 4.98 Å². The van der Waals surface area contributed by atoms with E-state index >= 15 is 0 Å². The third kappa shape index (κ3) is 4.95. The highest BCUT2D eigenvalue weighted by atomic mass is 32.2. The molecule has 2 aromatic carbocycles. The number of anilines is 3. The van der Waals surface area contributed by atoms with Crippen molar-refractivity contribution in [2.45, 2.75) is 17.5 Å². The lowest BCUT2D eigenvalue weighted by atomic mass is 10.1. The Morgan fingerprint density at radius 2 is 1.88 bits per heavy atom. The van der Waals surface area contributed by atoms with Gasteiger partial charge in [0.05, 0.1) is 5.56 Å². The van der Waals surface area contributed by atoms with E-state index in [0.29, 0.717) is 29.1 Å². The van der Waals surface area contributed by atoms with E-state index in [1.807, 2.05) is 0 Å². The first-order chi connectivity index (χ1) is 15.8. The van der Waals surface area contributed by atoms with Crippen molar-refractivity contribution in [1.29, 1.82) is 0 Å². The number of nitrogens with one attached hydrogen (secondary N) is 2. The lowest BCUT2D eigenvalue weighted by molar-refractivity contribution is -0.139. The van der Waals surface area contributed by atoms with Gasteiger partial charge in [0, 0.05) is 34.6 Å². The fourth-order valence-corrected chi connectivity index (χ4v) is 4.23. The SMILES string of the molecule is CSc1cc2c(cc1C(F)(F)F)N(C(=O)Nc1cccc(C(=O)Nc3ccccn3)c1)CC2. The van der Waals surface area contributed by atoms with Crippen molar-refractivity contribution >= 4 is 40.9 Å². The molecule has 0 atom stereocenters. The number of nitrogens with zero attached hydrogens (tertiary/aromatic N) is 2. The van der Waals surface area contributed by atoms with Crippen LogP contribution in [0.2, 0.25) is 0 Å². The summed E-state index contributed by atoms with van der Waals surface area (Å²) >= 11 is 1.02. The molecule has 0 fully saturated rings. The maximum Gasteiger partial charge on any atom is 0.417 e. The number of hydrogen-bond acceptors (Lipinski definition) is 4. The molecule has 1 aliphatic heterocycles. The van der Waals surface area contributed by atoms with Gasteiger partial charge in [-0.15, -0.1) is 11.8 Å². The molecule has 3 aromatic rings. The van der Waals surface area contributed by atoms with Gasteiger partial charge < -0.3 is 10.6 Å². The Hall–Kier alpha value is -3.53. The van der Waals surface area contributed by atoms with Crippen LogP contribution in [0.3, 0.4) is 0 Å². The Kier molecular flexibility index (Phi) is 6.28. The van der Waals surface area contributed by atoms with Crippen molar-refractivity contribution in [2.75, 3.05) is 28.3 Å². The van der Waals surface area contributed by atoms with Gasteiger partial charge in [-0.1, -0.05) is 12.1 Å². The number of benzene rings is 2. The second-order valence-electron chi connectivity index (χ2n) is 7.26. The third-order valence-electron chi connectivity index (χ3n) is 5.13. The van der Waals surface area contributed by atoms with Gasteiger partial charge in [0.25, 0.3) is 5.91 Å². The third-order valence-corrected chi connectivity index (χ3v) is 5.91. The lowest BCUT2D eigenvalue weighted by Crippen LogP contribution is -2.33. The molecule has 170 valence electrons. The average molecular weight is 472 g/mol. The zero-order valence-corrected chi connectivity index (χ0v) is 18.3. The summed E-state index contributed by atoms with van der Waals surface area (Å²) in [4.78, 5) is 30.8. The Morgan fingerprint density at radius 3 is 2.58 bits per heavy atom.